The number of halogens is 1. The van der Waals surface area contributed by atoms with Gasteiger partial charge in [-0.3, -0.25) is 0 Å². The highest BCUT2D eigenvalue weighted by Crippen LogP contribution is 2.34. The topological polar surface area (TPSA) is 59.6 Å². The Morgan fingerprint density at radius 2 is 2.29 bits per heavy atom. The van der Waals surface area contributed by atoms with Crippen molar-refractivity contribution in [1.29, 1.82) is 0 Å². The van der Waals surface area contributed by atoms with E-state index in [1.807, 2.05) is 6.92 Å². The molecule has 2 rings (SSSR count). The average Bonchev–Trinajstić information content (AvgIpc) is 2.29. The molecule has 1 aromatic rings. The minimum atomic E-state index is -0.653. The van der Waals surface area contributed by atoms with E-state index in [1.165, 1.54) is 6.07 Å². The highest BCUT2D eigenvalue weighted by atomic mass is 19.1. The molecule has 1 aliphatic rings. The molecule has 17 heavy (non-hydrogen) atoms. The van der Waals surface area contributed by atoms with Crippen LogP contribution in [-0.2, 0) is 10.3 Å². The van der Waals surface area contributed by atoms with E-state index in [0.717, 1.165) is 5.69 Å². The first-order valence-corrected chi connectivity index (χ1v) is 5.51. The molecule has 1 heterocycles. The lowest BCUT2D eigenvalue weighted by atomic mass is 9.88. The Morgan fingerprint density at radius 1 is 1.53 bits per heavy atom. The van der Waals surface area contributed by atoms with Crippen LogP contribution in [0.3, 0.4) is 0 Å². The molecule has 0 spiro atoms. The van der Waals surface area contributed by atoms with Crippen molar-refractivity contribution in [2.24, 2.45) is 10.7 Å². The van der Waals surface area contributed by atoms with Gasteiger partial charge in [0.1, 0.15) is 5.82 Å². The van der Waals surface area contributed by atoms with Crippen LogP contribution < -0.4 is 11.1 Å². The average molecular weight is 237 g/mol. The van der Waals surface area contributed by atoms with Gasteiger partial charge in [0.05, 0.1) is 12.1 Å². The van der Waals surface area contributed by atoms with Gasteiger partial charge in [-0.1, -0.05) is 0 Å². The highest BCUT2D eigenvalue weighted by Gasteiger charge is 2.32. The number of anilines is 1. The van der Waals surface area contributed by atoms with Crippen molar-refractivity contribution in [2.75, 3.05) is 19.0 Å². The lowest BCUT2D eigenvalue weighted by molar-refractivity contribution is 0.215. The van der Waals surface area contributed by atoms with Gasteiger partial charge in [-0.2, -0.15) is 0 Å². The van der Waals surface area contributed by atoms with E-state index >= 15 is 0 Å². The van der Waals surface area contributed by atoms with Gasteiger partial charge in [-0.25, -0.2) is 9.38 Å². The number of nitrogens with two attached hydrogens (primary N) is 1. The highest BCUT2D eigenvalue weighted by molar-refractivity contribution is 5.73. The van der Waals surface area contributed by atoms with E-state index < -0.39 is 5.54 Å². The van der Waals surface area contributed by atoms with Crippen molar-refractivity contribution in [1.82, 2.24) is 0 Å². The molecule has 0 amide bonds. The molecule has 1 aromatic carbocycles. The van der Waals surface area contributed by atoms with Crippen molar-refractivity contribution in [2.45, 2.75) is 18.9 Å². The van der Waals surface area contributed by atoms with Crippen molar-refractivity contribution in [3.05, 3.63) is 29.6 Å². The molecule has 0 bridgehead atoms. The maximum Gasteiger partial charge on any atom is 0.282 e. The summed E-state index contributed by atoms with van der Waals surface area (Å²) in [5, 5.41) is 2.98. The van der Waals surface area contributed by atoms with Crippen LogP contribution in [-0.4, -0.2) is 19.7 Å². The van der Waals surface area contributed by atoms with Gasteiger partial charge in [0.2, 0.25) is 0 Å². The Hall–Kier alpha value is -1.78. The van der Waals surface area contributed by atoms with Gasteiger partial charge in [0, 0.05) is 24.7 Å². The Labute approximate surface area is 99.7 Å². The van der Waals surface area contributed by atoms with Crippen LogP contribution >= 0.6 is 0 Å². The van der Waals surface area contributed by atoms with Crippen LogP contribution in [0, 0.1) is 5.82 Å². The second kappa shape index (κ2) is 4.24. The van der Waals surface area contributed by atoms with Crippen molar-refractivity contribution >= 4 is 11.7 Å². The summed E-state index contributed by atoms with van der Waals surface area (Å²) in [6.07, 6.45) is 0.609. The predicted octanol–water partition coefficient (Wildman–Crippen LogP) is 1.82. The third kappa shape index (κ3) is 2.18. The summed E-state index contributed by atoms with van der Waals surface area (Å²) in [5.41, 5.74) is 6.29. The molecule has 4 nitrogen and oxygen atoms in total. The normalized spacial score (nSPS) is 23.8. The molecule has 0 radical (unpaired) electrons. The van der Waals surface area contributed by atoms with Gasteiger partial charge in [-0.05, 0) is 25.1 Å². The summed E-state index contributed by atoms with van der Waals surface area (Å²) in [4.78, 5) is 4.23. The minimum absolute atomic E-state index is 0.119. The van der Waals surface area contributed by atoms with Gasteiger partial charge in [0.15, 0.2) is 0 Å². The lowest BCUT2D eigenvalue weighted by Crippen LogP contribution is -2.34. The van der Waals surface area contributed by atoms with E-state index in [0.29, 0.717) is 18.6 Å². The second-order valence-corrected chi connectivity index (χ2v) is 4.27. The molecule has 0 saturated carbocycles. The number of rotatable bonds is 2. The fraction of sp³-hybridized carbons (Fsp3) is 0.417. The van der Waals surface area contributed by atoms with Crippen LogP contribution in [0.4, 0.5) is 10.1 Å². The van der Waals surface area contributed by atoms with Crippen LogP contribution in [0.1, 0.15) is 18.9 Å². The van der Waals surface area contributed by atoms with E-state index in [1.54, 1.807) is 19.2 Å². The fourth-order valence-electron chi connectivity index (χ4n) is 1.97. The summed E-state index contributed by atoms with van der Waals surface area (Å²) < 4.78 is 19.0. The first-order chi connectivity index (χ1) is 8.05. The van der Waals surface area contributed by atoms with E-state index in [-0.39, 0.29) is 11.8 Å². The monoisotopic (exact) mass is 237 g/mol. The molecular weight excluding hydrogens is 221 g/mol. The predicted molar refractivity (Wildman–Crippen MR) is 65.5 cm³/mol. The zero-order valence-electron chi connectivity index (χ0n) is 9.96. The third-order valence-electron chi connectivity index (χ3n) is 3.03. The van der Waals surface area contributed by atoms with Gasteiger partial charge < -0.3 is 15.8 Å². The Kier molecular flexibility index (Phi) is 2.92. The Balaban J connectivity index is 2.48. The molecule has 0 saturated heterocycles. The number of aliphatic imine (C=N–C) groups is 1. The summed E-state index contributed by atoms with van der Waals surface area (Å²) >= 11 is 0. The summed E-state index contributed by atoms with van der Waals surface area (Å²) in [6.45, 7) is 2.31. The number of nitrogens with zero attached hydrogens (tertiary/aromatic N) is 1. The zero-order valence-corrected chi connectivity index (χ0v) is 9.96. The molecule has 0 unspecified atom stereocenters. The summed E-state index contributed by atoms with van der Waals surface area (Å²) in [6, 6.07) is 5.01. The molecule has 0 aliphatic carbocycles. The number of hydrogen-bond donors (Lipinski definition) is 2. The molecule has 92 valence electrons. The Morgan fingerprint density at radius 3 is 2.94 bits per heavy atom. The first kappa shape index (κ1) is 11.7. The van der Waals surface area contributed by atoms with Crippen LogP contribution in [0.5, 0.6) is 0 Å². The largest absolute Gasteiger partial charge is 0.465 e. The first-order valence-electron chi connectivity index (χ1n) is 5.51. The van der Waals surface area contributed by atoms with Crippen LogP contribution in [0.2, 0.25) is 0 Å². The maximum atomic E-state index is 13.9. The molecule has 5 heteroatoms. The van der Waals surface area contributed by atoms with Crippen molar-refractivity contribution in [3.63, 3.8) is 0 Å². The second-order valence-electron chi connectivity index (χ2n) is 4.27. The van der Waals surface area contributed by atoms with E-state index in [9.17, 15) is 4.39 Å². The molecule has 0 fully saturated rings. The van der Waals surface area contributed by atoms with Crippen molar-refractivity contribution < 1.29 is 9.13 Å². The smallest absolute Gasteiger partial charge is 0.282 e. The number of benzene rings is 1. The standard InChI is InChI=1S/C12H16FN3O/c1-12(5-6-17-11(14)16-12)9-7-8(15-2)3-4-10(9)13/h3-4,7,15H,5-6H2,1-2H3,(H2,14,16)/t12-/m0/s1. The van der Waals surface area contributed by atoms with Crippen LogP contribution in [0.15, 0.2) is 23.2 Å². The third-order valence-corrected chi connectivity index (χ3v) is 3.03. The summed E-state index contributed by atoms with van der Waals surface area (Å²) in [7, 11) is 1.79. The quantitative estimate of drug-likeness (QED) is 0.824. The zero-order chi connectivity index (χ0) is 12.5. The molecule has 1 atom stereocenters. The Bertz CT molecular complexity index is 461. The summed E-state index contributed by atoms with van der Waals surface area (Å²) in [5.74, 6) is -0.273. The minimum Gasteiger partial charge on any atom is -0.465 e. The number of ether oxygens (including phenoxy) is 1. The molecular formula is C12H16FN3O. The fourth-order valence-corrected chi connectivity index (χ4v) is 1.97. The van der Waals surface area contributed by atoms with E-state index in [2.05, 4.69) is 10.3 Å². The maximum absolute atomic E-state index is 13.9. The number of nitrogens with one attached hydrogen (secondary N) is 1. The number of hydrogen-bond acceptors (Lipinski definition) is 4. The number of amidine groups is 1. The van der Waals surface area contributed by atoms with Gasteiger partial charge >= 0.3 is 0 Å². The van der Waals surface area contributed by atoms with Crippen molar-refractivity contribution in [3.8, 4) is 0 Å². The molecule has 1 aliphatic heterocycles. The lowest BCUT2D eigenvalue weighted by Gasteiger charge is -2.30. The van der Waals surface area contributed by atoms with Crippen LogP contribution in [0.25, 0.3) is 0 Å². The SMILES string of the molecule is CNc1ccc(F)c([C@]2(C)CCOC(N)=N2)c1. The van der Waals surface area contributed by atoms with Gasteiger partial charge in [0.25, 0.3) is 6.02 Å². The molecule has 3 N–H and O–H groups in total. The van der Waals surface area contributed by atoms with Gasteiger partial charge in [-0.15, -0.1) is 0 Å². The van der Waals surface area contributed by atoms with E-state index in [4.69, 9.17) is 10.5 Å². The molecule has 0 aromatic heterocycles.